The minimum atomic E-state index is 0. The molecule has 0 amide bonds. The summed E-state index contributed by atoms with van der Waals surface area (Å²) in [6.45, 7) is 7.25. The van der Waals surface area contributed by atoms with Crippen molar-refractivity contribution in [2.75, 3.05) is 33.3 Å². The van der Waals surface area contributed by atoms with Crippen LogP contribution in [0.25, 0.3) is 0 Å². The quantitative estimate of drug-likeness (QED) is 0.896. The third kappa shape index (κ3) is 4.62. The summed E-state index contributed by atoms with van der Waals surface area (Å²) in [5, 5.41) is 3.54. The number of benzene rings is 1. The normalized spacial score (nSPS) is 28.9. The van der Waals surface area contributed by atoms with Crippen LogP contribution in [0.1, 0.15) is 50.6 Å². The molecular formula is C19H31ClN2O. The summed E-state index contributed by atoms with van der Waals surface area (Å²) in [7, 11) is 1.74. The molecule has 2 atom stereocenters. The number of ether oxygens (including phenoxy) is 1. The number of hydrogen-bond acceptors (Lipinski definition) is 3. The van der Waals surface area contributed by atoms with Gasteiger partial charge in [-0.25, -0.2) is 0 Å². The van der Waals surface area contributed by atoms with Crippen LogP contribution in [0.3, 0.4) is 0 Å². The molecule has 0 aliphatic carbocycles. The molecular weight excluding hydrogens is 308 g/mol. The van der Waals surface area contributed by atoms with Gasteiger partial charge in [0.15, 0.2) is 0 Å². The second-order valence-corrected chi connectivity index (χ2v) is 7.35. The van der Waals surface area contributed by atoms with E-state index in [-0.39, 0.29) is 12.4 Å². The van der Waals surface area contributed by atoms with Crippen molar-refractivity contribution in [3.63, 3.8) is 0 Å². The Balaban J connectivity index is 0.00000192. The number of halogens is 1. The van der Waals surface area contributed by atoms with Crippen LogP contribution in [0.15, 0.2) is 24.3 Å². The zero-order chi connectivity index (χ0) is 15.4. The number of rotatable bonds is 4. The monoisotopic (exact) mass is 338 g/mol. The Morgan fingerprint density at radius 1 is 1.22 bits per heavy atom. The van der Waals surface area contributed by atoms with Crippen molar-refractivity contribution in [3.8, 4) is 5.75 Å². The van der Waals surface area contributed by atoms with E-state index in [1.807, 2.05) is 0 Å². The van der Waals surface area contributed by atoms with Gasteiger partial charge in [-0.2, -0.15) is 0 Å². The molecule has 130 valence electrons. The molecule has 1 aromatic carbocycles. The van der Waals surface area contributed by atoms with Gasteiger partial charge in [-0.1, -0.05) is 31.9 Å². The van der Waals surface area contributed by atoms with E-state index in [2.05, 4.69) is 41.4 Å². The standard InChI is InChI=1S/C19H30N2O.ClH/c1-19(11-12-20-14-19)15-21-13-5-3-4-6-18(21)16-7-9-17(22-2)10-8-16;/h7-10,18,20H,3-6,11-15H2,1-2H3;1H. The van der Waals surface area contributed by atoms with E-state index in [1.54, 1.807) is 7.11 Å². The molecule has 2 aliphatic rings. The SMILES string of the molecule is COc1ccc(C2CCCCCN2CC2(C)CCNC2)cc1.Cl. The fourth-order valence-corrected chi connectivity index (χ4v) is 4.05. The molecule has 2 aliphatic heterocycles. The van der Waals surface area contributed by atoms with Crippen molar-refractivity contribution in [2.45, 2.75) is 45.1 Å². The molecule has 2 saturated heterocycles. The molecule has 0 spiro atoms. The van der Waals surface area contributed by atoms with Crippen molar-refractivity contribution < 1.29 is 4.74 Å². The Morgan fingerprint density at radius 2 is 2.00 bits per heavy atom. The zero-order valence-electron chi connectivity index (χ0n) is 14.5. The van der Waals surface area contributed by atoms with Gasteiger partial charge in [-0.05, 0) is 55.5 Å². The van der Waals surface area contributed by atoms with E-state index in [1.165, 1.54) is 63.8 Å². The number of hydrogen-bond donors (Lipinski definition) is 1. The predicted molar refractivity (Wildman–Crippen MR) is 98.6 cm³/mol. The van der Waals surface area contributed by atoms with Gasteiger partial charge in [-0.3, -0.25) is 4.90 Å². The summed E-state index contributed by atoms with van der Waals surface area (Å²) >= 11 is 0. The van der Waals surface area contributed by atoms with Crippen LogP contribution in [0.4, 0.5) is 0 Å². The molecule has 2 heterocycles. The molecule has 3 nitrogen and oxygen atoms in total. The second-order valence-electron chi connectivity index (χ2n) is 7.35. The minimum absolute atomic E-state index is 0. The predicted octanol–water partition coefficient (Wildman–Crippen LogP) is 4.03. The van der Waals surface area contributed by atoms with E-state index in [4.69, 9.17) is 4.74 Å². The maximum absolute atomic E-state index is 5.31. The Morgan fingerprint density at radius 3 is 2.65 bits per heavy atom. The van der Waals surface area contributed by atoms with Gasteiger partial charge in [0, 0.05) is 19.1 Å². The molecule has 2 unspecified atom stereocenters. The number of likely N-dealkylation sites (tertiary alicyclic amines) is 1. The summed E-state index contributed by atoms with van der Waals surface area (Å²) in [5.74, 6) is 0.955. The van der Waals surface area contributed by atoms with Gasteiger partial charge in [0.2, 0.25) is 0 Å². The highest BCUT2D eigenvalue weighted by Gasteiger charge is 2.33. The minimum Gasteiger partial charge on any atom is -0.497 e. The smallest absolute Gasteiger partial charge is 0.118 e. The van der Waals surface area contributed by atoms with Crippen molar-refractivity contribution in [3.05, 3.63) is 29.8 Å². The van der Waals surface area contributed by atoms with Gasteiger partial charge in [0.05, 0.1) is 7.11 Å². The Labute approximate surface area is 147 Å². The van der Waals surface area contributed by atoms with E-state index in [9.17, 15) is 0 Å². The van der Waals surface area contributed by atoms with E-state index in [0.717, 1.165) is 5.75 Å². The number of methoxy groups -OCH3 is 1. The highest BCUT2D eigenvalue weighted by Crippen LogP contribution is 2.35. The van der Waals surface area contributed by atoms with Crippen LogP contribution in [-0.4, -0.2) is 38.2 Å². The molecule has 0 aromatic heterocycles. The first kappa shape index (κ1) is 18.6. The summed E-state index contributed by atoms with van der Waals surface area (Å²) in [4.78, 5) is 2.75. The Hall–Kier alpha value is -0.770. The maximum Gasteiger partial charge on any atom is 0.118 e. The fraction of sp³-hybridized carbons (Fsp3) is 0.684. The van der Waals surface area contributed by atoms with E-state index in [0.29, 0.717) is 11.5 Å². The lowest BCUT2D eigenvalue weighted by molar-refractivity contribution is 0.131. The summed E-state index contributed by atoms with van der Waals surface area (Å²) < 4.78 is 5.31. The lowest BCUT2D eigenvalue weighted by Gasteiger charge is -2.37. The van der Waals surface area contributed by atoms with Gasteiger partial charge in [-0.15, -0.1) is 12.4 Å². The molecule has 0 radical (unpaired) electrons. The Bertz CT molecular complexity index is 471. The number of nitrogens with one attached hydrogen (secondary N) is 1. The topological polar surface area (TPSA) is 24.5 Å². The van der Waals surface area contributed by atoms with Gasteiger partial charge < -0.3 is 10.1 Å². The molecule has 2 fully saturated rings. The van der Waals surface area contributed by atoms with Crippen LogP contribution in [0.5, 0.6) is 5.75 Å². The molecule has 4 heteroatoms. The van der Waals surface area contributed by atoms with Gasteiger partial charge in [0.1, 0.15) is 5.75 Å². The first-order valence-electron chi connectivity index (χ1n) is 8.79. The maximum atomic E-state index is 5.31. The Kier molecular flexibility index (Phi) is 6.75. The molecule has 1 aromatic rings. The third-order valence-corrected chi connectivity index (χ3v) is 5.41. The zero-order valence-corrected chi connectivity index (χ0v) is 15.3. The van der Waals surface area contributed by atoms with Gasteiger partial charge >= 0.3 is 0 Å². The summed E-state index contributed by atoms with van der Waals surface area (Å²) in [6.07, 6.45) is 6.66. The lowest BCUT2D eigenvalue weighted by Crippen LogP contribution is -2.39. The van der Waals surface area contributed by atoms with Crippen LogP contribution >= 0.6 is 12.4 Å². The first-order valence-corrected chi connectivity index (χ1v) is 8.79. The molecule has 1 N–H and O–H groups in total. The third-order valence-electron chi connectivity index (χ3n) is 5.41. The summed E-state index contributed by atoms with van der Waals surface area (Å²) in [5.41, 5.74) is 1.90. The van der Waals surface area contributed by atoms with E-state index < -0.39 is 0 Å². The molecule has 0 bridgehead atoms. The average Bonchev–Trinajstić information content (AvgIpc) is 2.83. The van der Waals surface area contributed by atoms with E-state index >= 15 is 0 Å². The highest BCUT2D eigenvalue weighted by atomic mass is 35.5. The van der Waals surface area contributed by atoms with Crippen molar-refractivity contribution in [2.24, 2.45) is 5.41 Å². The highest BCUT2D eigenvalue weighted by molar-refractivity contribution is 5.85. The summed E-state index contributed by atoms with van der Waals surface area (Å²) in [6, 6.07) is 9.31. The first-order chi connectivity index (χ1) is 10.7. The largest absolute Gasteiger partial charge is 0.497 e. The van der Waals surface area contributed by atoms with Crippen LogP contribution in [0.2, 0.25) is 0 Å². The second kappa shape index (κ2) is 8.36. The molecule has 3 rings (SSSR count). The average molecular weight is 339 g/mol. The van der Waals surface area contributed by atoms with Crippen LogP contribution < -0.4 is 10.1 Å². The molecule has 23 heavy (non-hydrogen) atoms. The number of nitrogens with zero attached hydrogens (tertiary/aromatic N) is 1. The van der Waals surface area contributed by atoms with Crippen molar-refractivity contribution in [1.29, 1.82) is 0 Å². The van der Waals surface area contributed by atoms with Crippen molar-refractivity contribution in [1.82, 2.24) is 10.2 Å². The fourth-order valence-electron chi connectivity index (χ4n) is 4.05. The lowest BCUT2D eigenvalue weighted by atomic mass is 9.88. The molecule has 0 saturated carbocycles. The van der Waals surface area contributed by atoms with Crippen molar-refractivity contribution >= 4 is 12.4 Å². The van der Waals surface area contributed by atoms with Gasteiger partial charge in [0.25, 0.3) is 0 Å². The van der Waals surface area contributed by atoms with Crippen LogP contribution in [-0.2, 0) is 0 Å². The van der Waals surface area contributed by atoms with Crippen LogP contribution in [0, 0.1) is 5.41 Å².